The molecule has 0 aromatic carbocycles. The first-order valence-corrected chi connectivity index (χ1v) is 4.19. The van der Waals surface area contributed by atoms with Gasteiger partial charge in [-0.2, -0.15) is 0 Å². The van der Waals surface area contributed by atoms with Crippen LogP contribution in [0.3, 0.4) is 0 Å². The molecule has 0 aromatic heterocycles. The lowest BCUT2D eigenvalue weighted by molar-refractivity contribution is 0.0407. The highest BCUT2D eigenvalue weighted by atomic mass is 16.5. The summed E-state index contributed by atoms with van der Waals surface area (Å²) in [6.07, 6.45) is 8.63. The Bertz CT molecular complexity index is 133. The van der Waals surface area contributed by atoms with E-state index in [2.05, 4.69) is 11.2 Å². The minimum absolute atomic E-state index is 0.400. The van der Waals surface area contributed by atoms with Crippen molar-refractivity contribution in [3.63, 3.8) is 0 Å². The lowest BCUT2D eigenvalue weighted by atomic mass is 10.1. The van der Waals surface area contributed by atoms with Gasteiger partial charge in [0.15, 0.2) is 0 Å². The first-order chi connectivity index (χ1) is 5.43. The van der Waals surface area contributed by atoms with Gasteiger partial charge in [-0.15, -0.1) is 12.3 Å². The number of hydrogen-bond donors (Lipinski definition) is 1. The third-order valence-corrected chi connectivity index (χ3v) is 1.85. The van der Waals surface area contributed by atoms with Crippen molar-refractivity contribution >= 4 is 0 Å². The van der Waals surface area contributed by atoms with E-state index in [-0.39, 0.29) is 0 Å². The Morgan fingerprint density at radius 3 is 3.18 bits per heavy atom. The smallest absolute Gasteiger partial charge is 0.0700 e. The Balaban J connectivity index is 2.01. The van der Waals surface area contributed by atoms with Crippen LogP contribution in [0.4, 0.5) is 0 Å². The van der Waals surface area contributed by atoms with E-state index in [4.69, 9.17) is 11.2 Å². The molecular formula is C9H15NO. The molecule has 0 radical (unpaired) electrons. The third kappa shape index (κ3) is 3.41. The number of piperidine rings is 1. The van der Waals surface area contributed by atoms with Crippen LogP contribution < -0.4 is 5.32 Å². The van der Waals surface area contributed by atoms with Crippen LogP contribution >= 0.6 is 0 Å². The monoisotopic (exact) mass is 153 g/mol. The van der Waals surface area contributed by atoms with Gasteiger partial charge in [0.2, 0.25) is 0 Å². The summed E-state index contributed by atoms with van der Waals surface area (Å²) in [4.78, 5) is 0. The summed E-state index contributed by atoms with van der Waals surface area (Å²) < 4.78 is 5.52. The van der Waals surface area contributed by atoms with Crippen molar-refractivity contribution in [3.05, 3.63) is 0 Å². The highest BCUT2D eigenvalue weighted by Crippen LogP contribution is 2.05. The molecule has 1 aliphatic rings. The Morgan fingerprint density at radius 1 is 1.64 bits per heavy atom. The SMILES string of the molecule is C#CCCO[C@H]1CCCNC1. The van der Waals surface area contributed by atoms with Gasteiger partial charge in [-0.1, -0.05) is 0 Å². The molecule has 1 fully saturated rings. The Labute approximate surface area is 68.3 Å². The summed E-state index contributed by atoms with van der Waals surface area (Å²) >= 11 is 0. The van der Waals surface area contributed by atoms with E-state index in [0.717, 1.165) is 19.5 Å². The van der Waals surface area contributed by atoms with Crippen molar-refractivity contribution in [2.24, 2.45) is 0 Å². The van der Waals surface area contributed by atoms with Crippen LogP contribution in [-0.2, 0) is 4.74 Å². The topological polar surface area (TPSA) is 21.3 Å². The highest BCUT2D eigenvalue weighted by molar-refractivity contribution is 4.83. The predicted octanol–water partition coefficient (Wildman–Crippen LogP) is 0.778. The Hall–Kier alpha value is -0.520. The van der Waals surface area contributed by atoms with Crippen molar-refractivity contribution < 1.29 is 4.74 Å². The van der Waals surface area contributed by atoms with Crippen LogP contribution in [0, 0.1) is 12.3 Å². The van der Waals surface area contributed by atoms with Crippen LogP contribution in [0.15, 0.2) is 0 Å². The summed E-state index contributed by atoms with van der Waals surface area (Å²) in [5.74, 6) is 2.56. The fourth-order valence-corrected chi connectivity index (χ4v) is 1.25. The number of nitrogens with one attached hydrogen (secondary N) is 1. The number of rotatable bonds is 3. The molecule has 0 amide bonds. The summed E-state index contributed by atoms with van der Waals surface area (Å²) in [5.41, 5.74) is 0. The molecule has 2 heteroatoms. The maximum atomic E-state index is 5.52. The van der Waals surface area contributed by atoms with Crippen LogP contribution in [0.1, 0.15) is 19.3 Å². The number of hydrogen-bond acceptors (Lipinski definition) is 2. The molecule has 0 spiro atoms. The maximum Gasteiger partial charge on any atom is 0.0700 e. The second kappa shape index (κ2) is 5.17. The van der Waals surface area contributed by atoms with E-state index in [9.17, 15) is 0 Å². The molecule has 1 aliphatic heterocycles. The molecule has 1 saturated heterocycles. The van der Waals surface area contributed by atoms with E-state index in [1.165, 1.54) is 12.8 Å². The normalized spacial score (nSPS) is 24.5. The molecule has 1 rings (SSSR count). The van der Waals surface area contributed by atoms with Crippen molar-refractivity contribution in [1.29, 1.82) is 0 Å². The number of terminal acetylenes is 1. The van der Waals surface area contributed by atoms with Gasteiger partial charge in [0.05, 0.1) is 12.7 Å². The Morgan fingerprint density at radius 2 is 2.55 bits per heavy atom. The van der Waals surface area contributed by atoms with Crippen LogP contribution in [-0.4, -0.2) is 25.8 Å². The molecule has 62 valence electrons. The summed E-state index contributed by atoms with van der Waals surface area (Å²) in [5, 5.41) is 3.29. The Kier molecular flexibility index (Phi) is 4.03. The van der Waals surface area contributed by atoms with Gasteiger partial charge in [-0.05, 0) is 19.4 Å². The third-order valence-electron chi connectivity index (χ3n) is 1.85. The maximum absolute atomic E-state index is 5.52. The fraction of sp³-hybridized carbons (Fsp3) is 0.778. The van der Waals surface area contributed by atoms with Gasteiger partial charge in [-0.3, -0.25) is 0 Å². The highest BCUT2D eigenvalue weighted by Gasteiger charge is 2.11. The molecule has 0 bridgehead atoms. The zero-order chi connectivity index (χ0) is 7.94. The second-order valence-electron chi connectivity index (χ2n) is 2.79. The van der Waals surface area contributed by atoms with Gasteiger partial charge < -0.3 is 10.1 Å². The molecule has 0 aromatic rings. The average Bonchev–Trinajstić information content (AvgIpc) is 2.07. The van der Waals surface area contributed by atoms with Gasteiger partial charge in [0.25, 0.3) is 0 Å². The summed E-state index contributed by atoms with van der Waals surface area (Å²) in [6.45, 7) is 2.84. The second-order valence-corrected chi connectivity index (χ2v) is 2.79. The summed E-state index contributed by atoms with van der Waals surface area (Å²) in [6, 6.07) is 0. The molecule has 1 atom stereocenters. The zero-order valence-electron chi connectivity index (χ0n) is 6.81. The standard InChI is InChI=1S/C9H15NO/c1-2-3-7-11-9-5-4-6-10-8-9/h1,9-10H,3-8H2/t9-/m0/s1. The van der Waals surface area contributed by atoms with Crippen molar-refractivity contribution in [2.75, 3.05) is 19.7 Å². The van der Waals surface area contributed by atoms with Gasteiger partial charge >= 0.3 is 0 Å². The van der Waals surface area contributed by atoms with Crippen LogP contribution in [0.25, 0.3) is 0 Å². The molecular weight excluding hydrogens is 138 g/mol. The van der Waals surface area contributed by atoms with Crippen LogP contribution in [0.2, 0.25) is 0 Å². The molecule has 11 heavy (non-hydrogen) atoms. The van der Waals surface area contributed by atoms with Crippen molar-refractivity contribution in [1.82, 2.24) is 5.32 Å². The molecule has 1 N–H and O–H groups in total. The van der Waals surface area contributed by atoms with Crippen molar-refractivity contribution in [3.8, 4) is 12.3 Å². The molecule has 1 heterocycles. The number of ether oxygens (including phenoxy) is 1. The van der Waals surface area contributed by atoms with E-state index < -0.39 is 0 Å². The lowest BCUT2D eigenvalue weighted by Crippen LogP contribution is -2.35. The molecule has 2 nitrogen and oxygen atoms in total. The van der Waals surface area contributed by atoms with Gasteiger partial charge in [-0.25, -0.2) is 0 Å². The lowest BCUT2D eigenvalue weighted by Gasteiger charge is -2.22. The zero-order valence-corrected chi connectivity index (χ0v) is 6.81. The molecule has 0 unspecified atom stereocenters. The largest absolute Gasteiger partial charge is 0.376 e. The van der Waals surface area contributed by atoms with E-state index >= 15 is 0 Å². The van der Waals surface area contributed by atoms with E-state index in [1.807, 2.05) is 0 Å². The minimum Gasteiger partial charge on any atom is -0.376 e. The summed E-state index contributed by atoms with van der Waals surface area (Å²) in [7, 11) is 0. The average molecular weight is 153 g/mol. The van der Waals surface area contributed by atoms with E-state index in [1.54, 1.807) is 0 Å². The minimum atomic E-state index is 0.400. The first kappa shape index (κ1) is 8.58. The van der Waals surface area contributed by atoms with E-state index in [0.29, 0.717) is 12.7 Å². The molecule has 0 saturated carbocycles. The fourth-order valence-electron chi connectivity index (χ4n) is 1.25. The first-order valence-electron chi connectivity index (χ1n) is 4.19. The predicted molar refractivity (Wildman–Crippen MR) is 45.3 cm³/mol. The van der Waals surface area contributed by atoms with Crippen LogP contribution in [0.5, 0.6) is 0 Å². The van der Waals surface area contributed by atoms with Gasteiger partial charge in [0, 0.05) is 13.0 Å². The quantitative estimate of drug-likeness (QED) is 0.478. The van der Waals surface area contributed by atoms with Crippen molar-refractivity contribution in [2.45, 2.75) is 25.4 Å². The molecule has 0 aliphatic carbocycles. The van der Waals surface area contributed by atoms with Gasteiger partial charge in [0.1, 0.15) is 0 Å².